The minimum Gasteiger partial charge on any atom is -0.338 e. The van der Waals surface area contributed by atoms with E-state index in [4.69, 9.17) is 0 Å². The van der Waals surface area contributed by atoms with E-state index < -0.39 is 6.04 Å². The Bertz CT molecular complexity index is 652. The highest BCUT2D eigenvalue weighted by Crippen LogP contribution is 2.30. The van der Waals surface area contributed by atoms with Gasteiger partial charge in [0.05, 0.1) is 18.3 Å². The van der Waals surface area contributed by atoms with Gasteiger partial charge in [-0.3, -0.25) is 14.5 Å². The molecule has 2 aliphatic rings. The van der Waals surface area contributed by atoms with Crippen LogP contribution in [0.3, 0.4) is 0 Å². The first-order valence-corrected chi connectivity index (χ1v) is 9.39. The monoisotopic (exact) mass is 347 g/mol. The van der Waals surface area contributed by atoms with E-state index in [1.165, 1.54) is 16.7 Å². The highest BCUT2D eigenvalue weighted by atomic mass is 32.2. The summed E-state index contributed by atoms with van der Waals surface area (Å²) in [5, 5.41) is 0. The molecule has 2 fully saturated rings. The number of benzene rings is 1. The van der Waals surface area contributed by atoms with Gasteiger partial charge in [0.25, 0.3) is 5.91 Å². The Labute approximate surface area is 145 Å². The maximum Gasteiger partial charge on any atom is 0.328 e. The molecule has 2 aliphatic heterocycles. The topological polar surface area (TPSA) is 60.9 Å². The summed E-state index contributed by atoms with van der Waals surface area (Å²) >= 11 is 1.47. The van der Waals surface area contributed by atoms with Crippen molar-refractivity contribution < 1.29 is 14.4 Å². The molecule has 24 heavy (non-hydrogen) atoms. The first kappa shape index (κ1) is 16.8. The van der Waals surface area contributed by atoms with Gasteiger partial charge in [-0.15, -0.1) is 0 Å². The Morgan fingerprint density at radius 2 is 1.96 bits per heavy atom. The molecular weight excluding hydrogens is 326 g/mol. The highest BCUT2D eigenvalue weighted by Gasteiger charge is 2.49. The highest BCUT2D eigenvalue weighted by molar-refractivity contribution is 7.99. The molecule has 0 spiro atoms. The van der Waals surface area contributed by atoms with Crippen LogP contribution in [0.5, 0.6) is 0 Å². The number of rotatable bonds is 4. The van der Waals surface area contributed by atoms with Gasteiger partial charge in [0.15, 0.2) is 0 Å². The Balaban J connectivity index is 1.78. The number of fused-ring (bicyclic) bond motifs is 1. The van der Waals surface area contributed by atoms with Crippen molar-refractivity contribution in [3.05, 3.63) is 35.9 Å². The number of hydrogen-bond acceptors (Lipinski definition) is 4. The average molecular weight is 347 g/mol. The van der Waals surface area contributed by atoms with Crippen molar-refractivity contribution >= 4 is 29.6 Å². The van der Waals surface area contributed by atoms with Crippen LogP contribution in [-0.4, -0.2) is 70.2 Å². The van der Waals surface area contributed by atoms with E-state index >= 15 is 0 Å². The lowest BCUT2D eigenvalue weighted by atomic mass is 10.1. The minimum atomic E-state index is -0.553. The van der Waals surface area contributed by atoms with E-state index in [0.717, 1.165) is 5.56 Å². The number of urea groups is 1. The van der Waals surface area contributed by atoms with Gasteiger partial charge in [-0.2, -0.15) is 11.8 Å². The lowest BCUT2D eigenvalue weighted by Crippen LogP contribution is -2.55. The lowest BCUT2D eigenvalue weighted by molar-refractivity contribution is -0.135. The number of nitrogens with zero attached hydrogens (tertiary/aromatic N) is 3. The predicted molar refractivity (Wildman–Crippen MR) is 92.6 cm³/mol. The van der Waals surface area contributed by atoms with Crippen molar-refractivity contribution in [2.24, 2.45) is 0 Å². The largest absolute Gasteiger partial charge is 0.338 e. The van der Waals surface area contributed by atoms with Gasteiger partial charge in [-0.1, -0.05) is 30.3 Å². The van der Waals surface area contributed by atoms with Crippen molar-refractivity contribution in [3.8, 4) is 0 Å². The normalized spacial score (nSPS) is 21.9. The summed E-state index contributed by atoms with van der Waals surface area (Å²) in [5.74, 6) is 0.217. The number of carbonyl (C=O) groups is 3. The molecule has 7 heteroatoms. The van der Waals surface area contributed by atoms with Crippen LogP contribution < -0.4 is 0 Å². The molecule has 2 saturated heterocycles. The van der Waals surface area contributed by atoms with Crippen molar-refractivity contribution in [2.75, 3.05) is 31.6 Å². The number of carbonyl (C=O) groups excluding carboxylic acids is 3. The minimum absolute atomic E-state index is 0.0250. The van der Waals surface area contributed by atoms with Gasteiger partial charge in [0, 0.05) is 13.1 Å². The molecule has 6 nitrogen and oxygen atoms in total. The SMILES string of the molecule is CSCC(=O)N1CCN2C(=O)N([C@H](C)c3ccccc3)C(=O)[C@H]2C1. The van der Waals surface area contributed by atoms with Gasteiger partial charge in [-0.25, -0.2) is 4.79 Å². The molecule has 2 atom stereocenters. The van der Waals surface area contributed by atoms with Gasteiger partial charge in [0.1, 0.15) is 6.04 Å². The van der Waals surface area contributed by atoms with Gasteiger partial charge >= 0.3 is 6.03 Å². The van der Waals surface area contributed by atoms with E-state index in [1.807, 2.05) is 43.5 Å². The summed E-state index contributed by atoms with van der Waals surface area (Å²) in [7, 11) is 0. The number of piperazine rings is 1. The predicted octanol–water partition coefficient (Wildman–Crippen LogP) is 1.59. The maximum atomic E-state index is 12.8. The summed E-state index contributed by atoms with van der Waals surface area (Å²) in [4.78, 5) is 42.2. The smallest absolute Gasteiger partial charge is 0.328 e. The van der Waals surface area contributed by atoms with Gasteiger partial charge in [-0.05, 0) is 18.7 Å². The Morgan fingerprint density at radius 1 is 1.25 bits per heavy atom. The molecule has 0 N–H and O–H groups in total. The van der Waals surface area contributed by atoms with Crippen LogP contribution in [0.2, 0.25) is 0 Å². The summed E-state index contributed by atoms with van der Waals surface area (Å²) < 4.78 is 0. The van der Waals surface area contributed by atoms with Crippen LogP contribution in [0.4, 0.5) is 4.79 Å². The van der Waals surface area contributed by atoms with Crippen LogP contribution >= 0.6 is 11.8 Å². The average Bonchev–Trinajstić information content (AvgIpc) is 2.86. The van der Waals surface area contributed by atoms with Crippen LogP contribution in [0.1, 0.15) is 18.5 Å². The zero-order valence-electron chi connectivity index (χ0n) is 13.8. The molecule has 0 aliphatic carbocycles. The molecule has 128 valence electrons. The fourth-order valence-electron chi connectivity index (χ4n) is 3.29. The van der Waals surface area contributed by atoms with Crippen molar-refractivity contribution in [1.82, 2.24) is 14.7 Å². The first-order chi connectivity index (χ1) is 11.5. The van der Waals surface area contributed by atoms with Crippen LogP contribution in [0.15, 0.2) is 30.3 Å². The van der Waals surface area contributed by atoms with Crippen molar-refractivity contribution in [3.63, 3.8) is 0 Å². The Morgan fingerprint density at radius 3 is 2.62 bits per heavy atom. The molecule has 4 amide bonds. The Hall–Kier alpha value is -2.02. The third kappa shape index (κ3) is 2.88. The van der Waals surface area contributed by atoms with Crippen LogP contribution in [0, 0.1) is 0 Å². The lowest BCUT2D eigenvalue weighted by Gasteiger charge is -2.35. The van der Waals surface area contributed by atoms with E-state index in [9.17, 15) is 14.4 Å². The number of hydrogen-bond donors (Lipinski definition) is 0. The molecule has 3 rings (SSSR count). The molecule has 0 aromatic heterocycles. The fraction of sp³-hybridized carbons (Fsp3) is 0.471. The second kappa shape index (κ2) is 6.84. The van der Waals surface area contributed by atoms with E-state index in [1.54, 1.807) is 9.80 Å². The summed E-state index contributed by atoms with van der Waals surface area (Å²) in [6.45, 7) is 3.05. The molecule has 1 aromatic rings. The third-order valence-electron chi connectivity index (χ3n) is 4.64. The second-order valence-electron chi connectivity index (χ2n) is 6.06. The molecule has 0 unspecified atom stereocenters. The number of amides is 4. The number of thioether (sulfide) groups is 1. The van der Waals surface area contributed by atoms with Gasteiger partial charge in [0.2, 0.25) is 5.91 Å². The quantitative estimate of drug-likeness (QED) is 0.776. The standard InChI is InChI=1S/C17H21N3O3S/c1-12(13-6-4-3-5-7-13)20-16(22)14-10-18(15(21)11-24-2)8-9-19(14)17(20)23/h3-7,12,14H,8-11H2,1-2H3/t12-,14-/m1/s1. The molecule has 1 aromatic carbocycles. The maximum absolute atomic E-state index is 12.8. The number of imide groups is 1. The third-order valence-corrected chi connectivity index (χ3v) is 5.18. The molecule has 0 bridgehead atoms. The zero-order valence-corrected chi connectivity index (χ0v) is 14.7. The van der Waals surface area contributed by atoms with Gasteiger partial charge < -0.3 is 9.80 Å². The van der Waals surface area contributed by atoms with E-state index in [-0.39, 0.29) is 23.9 Å². The summed E-state index contributed by atoms with van der Waals surface area (Å²) in [6.07, 6.45) is 1.88. The summed E-state index contributed by atoms with van der Waals surface area (Å²) in [6, 6.07) is 8.41. The fourth-order valence-corrected chi connectivity index (χ4v) is 3.72. The summed E-state index contributed by atoms with van der Waals surface area (Å²) in [5.41, 5.74) is 0.925. The molecule has 0 saturated carbocycles. The zero-order chi connectivity index (χ0) is 17.3. The molecule has 2 heterocycles. The van der Waals surface area contributed by atoms with Crippen molar-refractivity contribution in [2.45, 2.75) is 19.0 Å². The van der Waals surface area contributed by atoms with E-state index in [2.05, 4.69) is 0 Å². The first-order valence-electron chi connectivity index (χ1n) is 8.00. The Kier molecular flexibility index (Phi) is 4.80. The van der Waals surface area contributed by atoms with Crippen LogP contribution in [0.25, 0.3) is 0 Å². The second-order valence-corrected chi connectivity index (χ2v) is 6.93. The van der Waals surface area contributed by atoms with E-state index in [0.29, 0.717) is 25.4 Å². The molecule has 0 radical (unpaired) electrons. The molecular formula is C17H21N3O3S. The van der Waals surface area contributed by atoms with Crippen molar-refractivity contribution in [1.29, 1.82) is 0 Å². The van der Waals surface area contributed by atoms with Crippen LogP contribution in [-0.2, 0) is 9.59 Å².